The van der Waals surface area contributed by atoms with Crippen LogP contribution in [0.2, 0.25) is 0 Å². The largest absolute Gasteiger partial charge is 0.103 e. The van der Waals surface area contributed by atoms with E-state index in [9.17, 15) is 0 Å². The Bertz CT molecular complexity index is 502. The van der Waals surface area contributed by atoms with Crippen molar-refractivity contribution in [1.82, 2.24) is 0 Å². The molecule has 4 saturated carbocycles. The van der Waals surface area contributed by atoms with Gasteiger partial charge in [-0.1, -0.05) is 97.5 Å². The normalized spacial score (nSPS) is 39.0. The molecule has 0 aliphatic heterocycles. The molecule has 0 aromatic heterocycles. The molecule has 4 rings (SSSR count). The van der Waals surface area contributed by atoms with Gasteiger partial charge in [-0.15, -0.1) is 6.58 Å². The van der Waals surface area contributed by atoms with Crippen LogP contribution >= 0.6 is 0 Å². The van der Waals surface area contributed by atoms with Crippen molar-refractivity contribution in [2.24, 2.45) is 47.3 Å². The summed E-state index contributed by atoms with van der Waals surface area (Å²) in [7, 11) is 0. The lowest BCUT2D eigenvalue weighted by atomic mass is 9.68. The fourth-order valence-corrected chi connectivity index (χ4v) is 8.63. The summed E-state index contributed by atoms with van der Waals surface area (Å²) >= 11 is 0. The lowest BCUT2D eigenvalue weighted by Crippen LogP contribution is -2.25. The third kappa shape index (κ3) is 9.00. The second kappa shape index (κ2) is 15.8. The molecule has 4 fully saturated rings. The zero-order valence-electron chi connectivity index (χ0n) is 23.8. The zero-order valence-corrected chi connectivity index (χ0v) is 23.8. The monoisotopic (exact) mass is 470 g/mol. The molecular formula is C34H62. The SMILES string of the molecule is C=CC1CCC(C2CCC(CCC)CC2)CC1.CCCC1CCC(C2CCC(CC)CC2)CC1. The lowest BCUT2D eigenvalue weighted by Gasteiger charge is -2.37. The second-order valence-corrected chi connectivity index (χ2v) is 13.2. The summed E-state index contributed by atoms with van der Waals surface area (Å²) in [4.78, 5) is 0. The van der Waals surface area contributed by atoms with E-state index in [1.165, 1.54) is 96.3 Å². The first-order valence-electron chi connectivity index (χ1n) is 16.3. The molecule has 0 aromatic rings. The van der Waals surface area contributed by atoms with Crippen molar-refractivity contribution in [3.05, 3.63) is 12.7 Å². The molecule has 0 atom stereocenters. The van der Waals surface area contributed by atoms with E-state index in [0.717, 1.165) is 47.3 Å². The van der Waals surface area contributed by atoms with Crippen LogP contribution in [0.1, 0.15) is 156 Å². The van der Waals surface area contributed by atoms with Crippen molar-refractivity contribution in [3.63, 3.8) is 0 Å². The minimum absolute atomic E-state index is 0.836. The Balaban J connectivity index is 0.000000191. The molecule has 0 heterocycles. The van der Waals surface area contributed by atoms with Crippen molar-refractivity contribution < 1.29 is 0 Å². The minimum Gasteiger partial charge on any atom is -0.103 e. The Morgan fingerprint density at radius 2 is 0.794 bits per heavy atom. The molecular weight excluding hydrogens is 408 g/mol. The van der Waals surface area contributed by atoms with Crippen LogP contribution in [-0.4, -0.2) is 0 Å². The third-order valence-electron chi connectivity index (χ3n) is 11.1. The van der Waals surface area contributed by atoms with Crippen molar-refractivity contribution in [2.45, 2.75) is 156 Å². The van der Waals surface area contributed by atoms with E-state index in [-0.39, 0.29) is 0 Å². The fourth-order valence-electron chi connectivity index (χ4n) is 8.63. The number of hydrogen-bond acceptors (Lipinski definition) is 0. The van der Waals surface area contributed by atoms with Crippen molar-refractivity contribution >= 4 is 0 Å². The third-order valence-corrected chi connectivity index (χ3v) is 11.1. The van der Waals surface area contributed by atoms with Gasteiger partial charge in [0.2, 0.25) is 0 Å². The predicted molar refractivity (Wildman–Crippen MR) is 152 cm³/mol. The molecule has 0 spiro atoms. The van der Waals surface area contributed by atoms with Gasteiger partial charge in [0.25, 0.3) is 0 Å². The summed E-state index contributed by atoms with van der Waals surface area (Å²) < 4.78 is 0. The molecule has 0 saturated heterocycles. The number of allylic oxidation sites excluding steroid dienone is 1. The summed E-state index contributed by atoms with van der Waals surface area (Å²) in [6.45, 7) is 11.0. The van der Waals surface area contributed by atoms with E-state index in [1.54, 1.807) is 38.5 Å². The highest BCUT2D eigenvalue weighted by atomic mass is 14.4. The van der Waals surface area contributed by atoms with Crippen LogP contribution in [-0.2, 0) is 0 Å². The van der Waals surface area contributed by atoms with Crippen molar-refractivity contribution in [1.29, 1.82) is 0 Å². The highest BCUT2D eigenvalue weighted by Gasteiger charge is 2.31. The molecule has 0 N–H and O–H groups in total. The van der Waals surface area contributed by atoms with Crippen LogP contribution in [0.3, 0.4) is 0 Å². The standard InChI is InChI=1S/C17H32.C17H30/c2*1-3-5-15-8-12-17(13-9-15)16-10-6-14(4-2)7-11-16/h14-17H,3-13H2,1-2H3;4,14-17H,2-3,5-13H2,1H3. The van der Waals surface area contributed by atoms with Gasteiger partial charge in [0, 0.05) is 0 Å². The maximum Gasteiger partial charge on any atom is -0.0236 e. The van der Waals surface area contributed by atoms with E-state index in [2.05, 4.69) is 33.4 Å². The van der Waals surface area contributed by atoms with Crippen LogP contribution in [0.4, 0.5) is 0 Å². The highest BCUT2D eigenvalue weighted by molar-refractivity contribution is 4.87. The topological polar surface area (TPSA) is 0 Å². The van der Waals surface area contributed by atoms with Gasteiger partial charge in [-0.3, -0.25) is 0 Å². The summed E-state index contributed by atoms with van der Waals surface area (Å²) in [5, 5.41) is 0. The molecule has 0 bridgehead atoms. The lowest BCUT2D eigenvalue weighted by molar-refractivity contribution is 0.142. The van der Waals surface area contributed by atoms with Gasteiger partial charge in [0.15, 0.2) is 0 Å². The maximum absolute atomic E-state index is 3.95. The van der Waals surface area contributed by atoms with Crippen LogP contribution in [0.5, 0.6) is 0 Å². The minimum atomic E-state index is 0.836. The first kappa shape index (κ1) is 28.3. The molecule has 198 valence electrons. The van der Waals surface area contributed by atoms with Crippen LogP contribution in [0.15, 0.2) is 12.7 Å². The average molecular weight is 471 g/mol. The summed E-state index contributed by atoms with van der Waals surface area (Å²) in [5.74, 6) is 8.43. The Morgan fingerprint density at radius 1 is 0.471 bits per heavy atom. The quantitative estimate of drug-likeness (QED) is 0.309. The van der Waals surface area contributed by atoms with E-state index in [0.29, 0.717) is 0 Å². The molecule has 0 nitrogen and oxygen atoms in total. The molecule has 34 heavy (non-hydrogen) atoms. The van der Waals surface area contributed by atoms with E-state index in [1.807, 2.05) is 0 Å². The van der Waals surface area contributed by atoms with Gasteiger partial charge in [-0.05, 0) is 112 Å². The molecule has 0 unspecified atom stereocenters. The van der Waals surface area contributed by atoms with Gasteiger partial charge >= 0.3 is 0 Å². The van der Waals surface area contributed by atoms with Crippen molar-refractivity contribution in [2.75, 3.05) is 0 Å². The van der Waals surface area contributed by atoms with Gasteiger partial charge < -0.3 is 0 Å². The van der Waals surface area contributed by atoms with E-state index in [4.69, 9.17) is 0 Å². The smallest absolute Gasteiger partial charge is 0.0236 e. The maximum atomic E-state index is 3.95. The van der Waals surface area contributed by atoms with Crippen LogP contribution < -0.4 is 0 Å². The fraction of sp³-hybridized carbons (Fsp3) is 0.941. The molecule has 0 heteroatoms. The summed E-state index contributed by atoms with van der Waals surface area (Å²) in [6.07, 6.45) is 33.7. The highest BCUT2D eigenvalue weighted by Crippen LogP contribution is 2.43. The zero-order chi connectivity index (χ0) is 24.2. The Kier molecular flexibility index (Phi) is 13.1. The van der Waals surface area contributed by atoms with E-state index >= 15 is 0 Å². The second-order valence-electron chi connectivity index (χ2n) is 13.2. The molecule has 0 amide bonds. The van der Waals surface area contributed by atoms with Gasteiger partial charge in [-0.25, -0.2) is 0 Å². The Hall–Kier alpha value is -0.260. The average Bonchev–Trinajstić information content (AvgIpc) is 2.90. The van der Waals surface area contributed by atoms with Gasteiger partial charge in [0.05, 0.1) is 0 Å². The van der Waals surface area contributed by atoms with Crippen LogP contribution in [0.25, 0.3) is 0 Å². The van der Waals surface area contributed by atoms with Crippen LogP contribution in [0, 0.1) is 47.3 Å². The predicted octanol–water partition coefficient (Wildman–Crippen LogP) is 11.4. The summed E-state index contributed by atoms with van der Waals surface area (Å²) in [6, 6.07) is 0. The molecule has 0 aromatic carbocycles. The first-order chi connectivity index (χ1) is 16.7. The summed E-state index contributed by atoms with van der Waals surface area (Å²) in [5.41, 5.74) is 0. The Morgan fingerprint density at radius 3 is 1.09 bits per heavy atom. The van der Waals surface area contributed by atoms with Crippen molar-refractivity contribution in [3.8, 4) is 0 Å². The number of hydrogen-bond donors (Lipinski definition) is 0. The van der Waals surface area contributed by atoms with Gasteiger partial charge in [0.1, 0.15) is 0 Å². The first-order valence-corrected chi connectivity index (χ1v) is 16.3. The molecule has 0 radical (unpaired) electrons. The van der Waals surface area contributed by atoms with E-state index < -0.39 is 0 Å². The van der Waals surface area contributed by atoms with Gasteiger partial charge in [-0.2, -0.15) is 0 Å². The Labute approximate surface area is 215 Å². The number of rotatable bonds is 8. The molecule has 4 aliphatic rings. The molecule has 4 aliphatic carbocycles.